The topological polar surface area (TPSA) is 124 Å². The number of carbonyl (C=O) groups is 1. The van der Waals surface area contributed by atoms with Crippen molar-refractivity contribution in [3.63, 3.8) is 0 Å². The highest BCUT2D eigenvalue weighted by molar-refractivity contribution is 7.89. The van der Waals surface area contributed by atoms with Crippen molar-refractivity contribution in [1.29, 1.82) is 5.26 Å². The van der Waals surface area contributed by atoms with Gasteiger partial charge in [-0.25, -0.2) is 18.2 Å². The molecule has 0 amide bonds. The van der Waals surface area contributed by atoms with E-state index in [1.807, 2.05) is 17.6 Å². The van der Waals surface area contributed by atoms with Gasteiger partial charge in [-0.05, 0) is 49.4 Å². The molecule has 0 radical (unpaired) electrons. The number of nitriles is 1. The third kappa shape index (κ3) is 5.04. The number of nitrogens with zero attached hydrogens (tertiary/aromatic N) is 4. The SMILES string of the molecule is CCn1c(COC(=O)COc2ccc(C#N)cc2)nc2cc(S(=O)(=O)N3CCOCC3)ccc21. The Morgan fingerprint density at radius 2 is 1.91 bits per heavy atom. The lowest BCUT2D eigenvalue weighted by molar-refractivity contribution is -0.147. The molecular weight excluding hydrogens is 460 g/mol. The van der Waals surface area contributed by atoms with Crippen LogP contribution >= 0.6 is 0 Å². The van der Waals surface area contributed by atoms with Crippen LogP contribution in [0.1, 0.15) is 18.3 Å². The van der Waals surface area contributed by atoms with Gasteiger partial charge in [0.25, 0.3) is 0 Å². The molecule has 0 aliphatic carbocycles. The molecule has 11 heteroatoms. The highest BCUT2D eigenvalue weighted by Gasteiger charge is 2.27. The van der Waals surface area contributed by atoms with Crippen molar-refractivity contribution in [3.05, 3.63) is 53.9 Å². The molecular formula is C23H24N4O6S. The zero-order valence-electron chi connectivity index (χ0n) is 18.6. The van der Waals surface area contributed by atoms with Crippen LogP contribution in [0.3, 0.4) is 0 Å². The number of imidazole rings is 1. The number of hydrogen-bond donors (Lipinski definition) is 0. The normalized spacial score (nSPS) is 14.6. The number of aromatic nitrogens is 2. The number of esters is 1. The number of aryl methyl sites for hydroxylation is 1. The van der Waals surface area contributed by atoms with Crippen LogP contribution in [-0.4, -0.2) is 61.2 Å². The summed E-state index contributed by atoms with van der Waals surface area (Å²) in [6.07, 6.45) is 0. The van der Waals surface area contributed by atoms with E-state index < -0.39 is 16.0 Å². The Labute approximate surface area is 197 Å². The number of ether oxygens (including phenoxy) is 3. The number of hydrogen-bond acceptors (Lipinski definition) is 8. The molecule has 10 nitrogen and oxygen atoms in total. The summed E-state index contributed by atoms with van der Waals surface area (Å²) >= 11 is 0. The minimum Gasteiger partial charge on any atom is -0.482 e. The molecule has 2 heterocycles. The molecule has 0 atom stereocenters. The minimum absolute atomic E-state index is 0.0797. The first-order chi connectivity index (χ1) is 16.4. The number of fused-ring (bicyclic) bond motifs is 1. The molecule has 1 aromatic heterocycles. The standard InChI is InChI=1S/C23H24N4O6S/c1-2-27-21-8-7-19(34(29,30)26-9-11-31-12-10-26)13-20(21)25-22(27)15-33-23(28)16-32-18-5-3-17(14-24)4-6-18/h3-8,13H,2,9-12,15-16H2,1H3. The van der Waals surface area contributed by atoms with E-state index in [1.165, 1.54) is 4.31 Å². The van der Waals surface area contributed by atoms with Gasteiger partial charge in [-0.1, -0.05) is 0 Å². The van der Waals surface area contributed by atoms with Crippen molar-refractivity contribution in [1.82, 2.24) is 13.9 Å². The van der Waals surface area contributed by atoms with Crippen LogP contribution in [0.5, 0.6) is 5.75 Å². The van der Waals surface area contributed by atoms with E-state index in [4.69, 9.17) is 19.5 Å². The fourth-order valence-corrected chi connectivity index (χ4v) is 5.10. The van der Waals surface area contributed by atoms with Crippen molar-refractivity contribution < 1.29 is 27.4 Å². The van der Waals surface area contributed by atoms with Gasteiger partial charge in [0, 0.05) is 19.6 Å². The molecule has 0 spiro atoms. The zero-order valence-corrected chi connectivity index (χ0v) is 19.5. The zero-order chi connectivity index (χ0) is 24.1. The average molecular weight is 485 g/mol. The van der Waals surface area contributed by atoms with Crippen molar-refractivity contribution in [2.24, 2.45) is 0 Å². The maximum absolute atomic E-state index is 13.0. The molecule has 4 rings (SSSR count). The Morgan fingerprint density at radius 3 is 2.59 bits per heavy atom. The fourth-order valence-electron chi connectivity index (χ4n) is 3.67. The molecule has 1 saturated heterocycles. The highest BCUT2D eigenvalue weighted by Crippen LogP contribution is 2.24. The number of morpholine rings is 1. The molecule has 178 valence electrons. The summed E-state index contributed by atoms with van der Waals surface area (Å²) in [4.78, 5) is 16.8. The lowest BCUT2D eigenvalue weighted by Gasteiger charge is -2.26. The van der Waals surface area contributed by atoms with Crippen LogP contribution in [0, 0.1) is 11.3 Å². The van der Waals surface area contributed by atoms with Crippen molar-refractivity contribution in [2.75, 3.05) is 32.9 Å². The Bertz CT molecular complexity index is 1320. The Kier molecular flexibility index (Phi) is 7.12. The monoisotopic (exact) mass is 484 g/mol. The number of benzene rings is 2. The van der Waals surface area contributed by atoms with Gasteiger partial charge in [-0.3, -0.25) is 0 Å². The van der Waals surface area contributed by atoms with E-state index in [1.54, 1.807) is 42.5 Å². The van der Waals surface area contributed by atoms with Gasteiger partial charge < -0.3 is 18.8 Å². The third-order valence-electron chi connectivity index (χ3n) is 5.43. The maximum Gasteiger partial charge on any atom is 0.344 e. The number of carbonyl (C=O) groups excluding carboxylic acids is 1. The second-order valence-electron chi connectivity index (χ2n) is 7.52. The number of rotatable bonds is 8. The van der Waals surface area contributed by atoms with Crippen LogP contribution < -0.4 is 4.74 Å². The predicted octanol–water partition coefficient (Wildman–Crippen LogP) is 2.07. The molecule has 0 N–H and O–H groups in total. The van der Waals surface area contributed by atoms with Gasteiger partial charge in [-0.15, -0.1) is 0 Å². The van der Waals surface area contributed by atoms with Crippen LogP contribution in [0.15, 0.2) is 47.4 Å². The fraction of sp³-hybridized carbons (Fsp3) is 0.348. The largest absolute Gasteiger partial charge is 0.482 e. The van der Waals surface area contributed by atoms with E-state index in [2.05, 4.69) is 4.98 Å². The van der Waals surface area contributed by atoms with E-state index in [0.29, 0.717) is 55.5 Å². The van der Waals surface area contributed by atoms with Crippen LogP contribution in [-0.2, 0) is 37.4 Å². The predicted molar refractivity (Wildman–Crippen MR) is 121 cm³/mol. The molecule has 0 saturated carbocycles. The van der Waals surface area contributed by atoms with Gasteiger partial charge >= 0.3 is 5.97 Å². The lowest BCUT2D eigenvalue weighted by atomic mass is 10.2. The summed E-state index contributed by atoms with van der Waals surface area (Å²) in [5.41, 5.74) is 1.76. The lowest BCUT2D eigenvalue weighted by Crippen LogP contribution is -2.40. The highest BCUT2D eigenvalue weighted by atomic mass is 32.2. The Balaban J connectivity index is 1.44. The second-order valence-corrected chi connectivity index (χ2v) is 9.46. The summed E-state index contributed by atoms with van der Waals surface area (Å²) in [7, 11) is -3.64. The van der Waals surface area contributed by atoms with Crippen molar-refractivity contribution in [2.45, 2.75) is 25.0 Å². The van der Waals surface area contributed by atoms with Crippen molar-refractivity contribution in [3.8, 4) is 11.8 Å². The second kappa shape index (κ2) is 10.2. The number of sulfonamides is 1. The summed E-state index contributed by atoms with van der Waals surface area (Å²) in [6.45, 7) is 3.50. The van der Waals surface area contributed by atoms with E-state index >= 15 is 0 Å². The summed E-state index contributed by atoms with van der Waals surface area (Å²) in [5, 5.41) is 8.83. The first-order valence-electron chi connectivity index (χ1n) is 10.8. The third-order valence-corrected chi connectivity index (χ3v) is 7.32. The van der Waals surface area contributed by atoms with Gasteiger partial charge in [0.1, 0.15) is 18.2 Å². The summed E-state index contributed by atoms with van der Waals surface area (Å²) < 4.78 is 45.2. The molecule has 1 fully saturated rings. The first-order valence-corrected chi connectivity index (χ1v) is 12.2. The Hall–Kier alpha value is -3.46. The van der Waals surface area contributed by atoms with Crippen LogP contribution in [0.4, 0.5) is 0 Å². The van der Waals surface area contributed by atoms with Crippen molar-refractivity contribution >= 4 is 27.0 Å². The maximum atomic E-state index is 13.0. The van der Waals surface area contributed by atoms with E-state index in [-0.39, 0.29) is 18.1 Å². The van der Waals surface area contributed by atoms with E-state index in [9.17, 15) is 13.2 Å². The van der Waals surface area contributed by atoms with Crippen LogP contribution in [0.25, 0.3) is 11.0 Å². The molecule has 34 heavy (non-hydrogen) atoms. The van der Waals surface area contributed by atoms with E-state index in [0.717, 1.165) is 5.52 Å². The molecule has 1 aliphatic heterocycles. The Morgan fingerprint density at radius 1 is 1.18 bits per heavy atom. The summed E-state index contributed by atoms with van der Waals surface area (Å²) in [5.74, 6) is 0.380. The first kappa shape index (κ1) is 23.7. The van der Waals surface area contributed by atoms with Gasteiger partial charge in [0.05, 0.1) is 40.8 Å². The molecule has 2 aromatic carbocycles. The summed E-state index contributed by atoms with van der Waals surface area (Å²) in [6, 6.07) is 13.2. The van der Waals surface area contributed by atoms with Crippen LogP contribution in [0.2, 0.25) is 0 Å². The molecule has 0 bridgehead atoms. The molecule has 1 aliphatic rings. The molecule has 0 unspecified atom stereocenters. The van der Waals surface area contributed by atoms with Gasteiger partial charge in [0.15, 0.2) is 6.61 Å². The minimum atomic E-state index is -3.64. The van der Waals surface area contributed by atoms with Gasteiger partial charge in [-0.2, -0.15) is 9.57 Å². The molecule has 3 aromatic rings. The average Bonchev–Trinajstić information content (AvgIpc) is 3.23. The van der Waals surface area contributed by atoms with Gasteiger partial charge in [0.2, 0.25) is 10.0 Å². The smallest absolute Gasteiger partial charge is 0.344 e. The quantitative estimate of drug-likeness (QED) is 0.445.